The maximum Gasteiger partial charge on any atom is 0.261 e. The van der Waals surface area contributed by atoms with Crippen molar-refractivity contribution < 1.29 is 17.6 Å². The number of hydrogen-bond acceptors (Lipinski definition) is 4. The van der Waals surface area contributed by atoms with Crippen molar-refractivity contribution in [1.29, 1.82) is 0 Å². The van der Waals surface area contributed by atoms with E-state index in [0.717, 1.165) is 32.5 Å². The summed E-state index contributed by atoms with van der Waals surface area (Å²) in [7, 11) is -3.82. The largest absolute Gasteiger partial charge is 0.326 e. The molecule has 0 radical (unpaired) electrons. The van der Waals surface area contributed by atoms with Crippen molar-refractivity contribution in [3.63, 3.8) is 0 Å². The Morgan fingerprint density at radius 2 is 1.56 bits per heavy atom. The molecule has 1 aliphatic rings. The van der Waals surface area contributed by atoms with E-state index in [2.05, 4.69) is 40.1 Å². The van der Waals surface area contributed by atoms with Crippen LogP contribution in [0.1, 0.15) is 24.0 Å². The quantitative estimate of drug-likeness (QED) is 0.509. The Labute approximate surface area is 199 Å². The van der Waals surface area contributed by atoms with Gasteiger partial charge in [-0.1, -0.05) is 24.3 Å². The maximum absolute atomic E-state index is 13.0. The molecule has 1 aliphatic heterocycles. The fraction of sp³-hybridized carbons (Fsp3) is 0.269. The zero-order chi connectivity index (χ0) is 24.1. The molecule has 0 aromatic heterocycles. The van der Waals surface area contributed by atoms with E-state index in [9.17, 15) is 17.6 Å². The fourth-order valence-electron chi connectivity index (χ4n) is 4.08. The predicted molar refractivity (Wildman–Crippen MR) is 131 cm³/mol. The number of nitrogens with zero attached hydrogens (tertiary/aromatic N) is 1. The van der Waals surface area contributed by atoms with Crippen molar-refractivity contribution in [1.82, 2.24) is 4.90 Å². The van der Waals surface area contributed by atoms with Crippen LogP contribution in [-0.4, -0.2) is 32.3 Å². The summed E-state index contributed by atoms with van der Waals surface area (Å²) in [4.78, 5) is 15.2. The summed E-state index contributed by atoms with van der Waals surface area (Å²) < 4.78 is 40.6. The van der Waals surface area contributed by atoms with Gasteiger partial charge in [-0.05, 0) is 92.5 Å². The van der Waals surface area contributed by atoms with Gasteiger partial charge in [0.25, 0.3) is 10.0 Å². The van der Waals surface area contributed by atoms with E-state index in [-0.39, 0.29) is 22.4 Å². The normalized spacial score (nSPS) is 15.1. The van der Waals surface area contributed by atoms with Crippen LogP contribution in [0.4, 0.5) is 15.8 Å². The van der Waals surface area contributed by atoms with Crippen LogP contribution in [-0.2, 0) is 21.4 Å². The van der Waals surface area contributed by atoms with Crippen molar-refractivity contribution >= 4 is 27.3 Å². The van der Waals surface area contributed by atoms with Gasteiger partial charge in [0, 0.05) is 23.8 Å². The van der Waals surface area contributed by atoms with Crippen molar-refractivity contribution in [3.05, 3.63) is 89.7 Å². The van der Waals surface area contributed by atoms with Gasteiger partial charge in [-0.2, -0.15) is 0 Å². The minimum absolute atomic E-state index is 0.0458. The third-order valence-electron chi connectivity index (χ3n) is 6.14. The van der Waals surface area contributed by atoms with Crippen LogP contribution in [0.5, 0.6) is 0 Å². The average Bonchev–Trinajstić information content (AvgIpc) is 2.83. The molecule has 0 bridgehead atoms. The Balaban J connectivity index is 1.30. The molecule has 6 nitrogen and oxygen atoms in total. The third kappa shape index (κ3) is 6.01. The third-order valence-corrected chi connectivity index (χ3v) is 7.54. The molecule has 8 heteroatoms. The molecule has 2 N–H and O–H groups in total. The summed E-state index contributed by atoms with van der Waals surface area (Å²) in [6, 6.07) is 19.5. The molecule has 34 heavy (non-hydrogen) atoms. The topological polar surface area (TPSA) is 78.5 Å². The van der Waals surface area contributed by atoms with Gasteiger partial charge in [-0.3, -0.25) is 14.4 Å². The van der Waals surface area contributed by atoms with E-state index < -0.39 is 15.8 Å². The van der Waals surface area contributed by atoms with Gasteiger partial charge in [0.2, 0.25) is 5.91 Å². The lowest BCUT2D eigenvalue weighted by molar-refractivity contribution is -0.121. The highest BCUT2D eigenvalue weighted by molar-refractivity contribution is 7.92. The second-order valence-electron chi connectivity index (χ2n) is 8.60. The lowest BCUT2D eigenvalue weighted by Gasteiger charge is -2.31. The standard InChI is InChI=1S/C26H28FN3O3S/c1-19-4-2-3-5-21(19)18-30-16-14-20(15-17-30)26(31)28-23-10-12-25(13-11-23)34(32,33)29-24-8-6-22(27)7-9-24/h2-13,20,29H,14-18H2,1H3,(H,28,31). The lowest BCUT2D eigenvalue weighted by Crippen LogP contribution is -2.37. The van der Waals surface area contributed by atoms with Crippen molar-refractivity contribution in [2.45, 2.75) is 31.2 Å². The first kappa shape index (κ1) is 23.9. The number of nitrogens with one attached hydrogen (secondary N) is 2. The second kappa shape index (κ2) is 10.4. The number of carbonyl (C=O) groups excluding carboxylic acids is 1. The first-order chi connectivity index (χ1) is 16.3. The Morgan fingerprint density at radius 1 is 0.941 bits per heavy atom. The fourth-order valence-corrected chi connectivity index (χ4v) is 5.13. The Kier molecular flexibility index (Phi) is 7.29. The highest BCUT2D eigenvalue weighted by atomic mass is 32.2. The number of aryl methyl sites for hydroxylation is 1. The van der Waals surface area contributed by atoms with Gasteiger partial charge in [-0.15, -0.1) is 0 Å². The molecule has 3 aromatic carbocycles. The predicted octanol–water partition coefficient (Wildman–Crippen LogP) is 4.79. The number of rotatable bonds is 7. The SMILES string of the molecule is Cc1ccccc1CN1CCC(C(=O)Nc2ccc(S(=O)(=O)Nc3ccc(F)cc3)cc2)CC1. The van der Waals surface area contributed by atoms with Crippen molar-refractivity contribution in [2.75, 3.05) is 23.1 Å². The summed E-state index contributed by atoms with van der Waals surface area (Å²) in [5.74, 6) is -0.563. The molecule has 4 rings (SSSR count). The number of benzene rings is 3. The molecule has 0 aliphatic carbocycles. The maximum atomic E-state index is 13.0. The highest BCUT2D eigenvalue weighted by Gasteiger charge is 2.25. The molecule has 1 amide bonds. The molecule has 1 fully saturated rings. The van der Waals surface area contributed by atoms with Gasteiger partial charge in [0.1, 0.15) is 5.82 Å². The van der Waals surface area contributed by atoms with Gasteiger partial charge >= 0.3 is 0 Å². The summed E-state index contributed by atoms with van der Waals surface area (Å²) in [5, 5.41) is 2.91. The highest BCUT2D eigenvalue weighted by Crippen LogP contribution is 2.23. The number of likely N-dealkylation sites (tertiary alicyclic amines) is 1. The lowest BCUT2D eigenvalue weighted by atomic mass is 9.95. The summed E-state index contributed by atoms with van der Waals surface area (Å²) in [6.07, 6.45) is 1.57. The van der Waals surface area contributed by atoms with Crippen LogP contribution in [0.2, 0.25) is 0 Å². The molecule has 0 atom stereocenters. The summed E-state index contributed by atoms with van der Waals surface area (Å²) >= 11 is 0. The van der Waals surface area contributed by atoms with Crippen molar-refractivity contribution in [2.24, 2.45) is 5.92 Å². The number of amides is 1. The molecule has 3 aromatic rings. The van der Waals surface area contributed by atoms with E-state index in [1.807, 2.05) is 6.07 Å². The van der Waals surface area contributed by atoms with E-state index in [1.54, 1.807) is 12.1 Å². The Hall–Kier alpha value is -3.23. The zero-order valence-electron chi connectivity index (χ0n) is 19.0. The Bertz CT molecular complexity index is 1240. The number of carbonyl (C=O) groups is 1. The molecule has 1 heterocycles. The van der Waals surface area contributed by atoms with Crippen LogP contribution in [0.15, 0.2) is 77.7 Å². The van der Waals surface area contributed by atoms with E-state index in [0.29, 0.717) is 5.69 Å². The molecular formula is C26H28FN3O3S. The average molecular weight is 482 g/mol. The van der Waals surface area contributed by atoms with Crippen LogP contribution in [0.3, 0.4) is 0 Å². The van der Waals surface area contributed by atoms with Crippen LogP contribution in [0.25, 0.3) is 0 Å². The molecule has 0 unspecified atom stereocenters. The van der Waals surface area contributed by atoms with Gasteiger partial charge in [0.15, 0.2) is 0 Å². The van der Waals surface area contributed by atoms with Gasteiger partial charge < -0.3 is 5.32 Å². The number of halogens is 1. The number of sulfonamides is 1. The van der Waals surface area contributed by atoms with Crippen molar-refractivity contribution in [3.8, 4) is 0 Å². The van der Waals surface area contributed by atoms with Gasteiger partial charge in [-0.25, -0.2) is 12.8 Å². The van der Waals surface area contributed by atoms with E-state index in [4.69, 9.17) is 0 Å². The summed E-state index contributed by atoms with van der Waals surface area (Å²) in [6.45, 7) is 4.73. The van der Waals surface area contributed by atoms with E-state index in [1.165, 1.54) is 47.5 Å². The monoisotopic (exact) mass is 481 g/mol. The first-order valence-corrected chi connectivity index (χ1v) is 12.7. The van der Waals surface area contributed by atoms with Crippen LogP contribution in [0, 0.1) is 18.7 Å². The number of hydrogen-bond donors (Lipinski definition) is 2. The van der Waals surface area contributed by atoms with E-state index >= 15 is 0 Å². The minimum Gasteiger partial charge on any atom is -0.326 e. The molecule has 178 valence electrons. The van der Waals surface area contributed by atoms with Crippen LogP contribution >= 0.6 is 0 Å². The minimum atomic E-state index is -3.82. The molecule has 0 saturated carbocycles. The number of anilines is 2. The van der Waals surface area contributed by atoms with Crippen LogP contribution < -0.4 is 10.0 Å². The molecule has 0 spiro atoms. The molecular weight excluding hydrogens is 453 g/mol. The zero-order valence-corrected chi connectivity index (χ0v) is 19.8. The molecule has 1 saturated heterocycles. The van der Waals surface area contributed by atoms with Gasteiger partial charge in [0.05, 0.1) is 4.90 Å². The smallest absolute Gasteiger partial charge is 0.261 e. The first-order valence-electron chi connectivity index (χ1n) is 11.3. The second-order valence-corrected chi connectivity index (χ2v) is 10.3. The Morgan fingerprint density at radius 3 is 2.21 bits per heavy atom. The summed E-state index contributed by atoms with van der Waals surface area (Å²) in [5.41, 5.74) is 3.41. The number of piperidine rings is 1.